The Balaban J connectivity index is 1.84. The molecular weight excluding hydrogens is 358 g/mol. The highest BCUT2D eigenvalue weighted by molar-refractivity contribution is 8.01. The number of carboxylic acid groups (broad SMARTS) is 1. The molecule has 2 aromatic rings. The highest BCUT2D eigenvalue weighted by Crippen LogP contribution is 2.18. The molecule has 1 aromatic carbocycles. The lowest BCUT2D eigenvalue weighted by Crippen LogP contribution is -2.25. The molecule has 1 heterocycles. The second kappa shape index (κ2) is 9.04. The molecule has 1 unspecified atom stereocenters. The Morgan fingerprint density at radius 1 is 1.27 bits per heavy atom. The molecule has 9 heteroatoms. The Morgan fingerprint density at radius 3 is 2.65 bits per heavy atom. The zero-order valence-corrected chi connectivity index (χ0v) is 15.1. The van der Waals surface area contributed by atoms with Gasteiger partial charge >= 0.3 is 5.97 Å². The Bertz CT molecular complexity index is 805. The van der Waals surface area contributed by atoms with Crippen molar-refractivity contribution < 1.29 is 24.0 Å². The van der Waals surface area contributed by atoms with E-state index in [1.165, 1.54) is 0 Å². The summed E-state index contributed by atoms with van der Waals surface area (Å²) in [7, 11) is 0. The summed E-state index contributed by atoms with van der Waals surface area (Å²) in [6.07, 6.45) is -0.181. The second-order valence-corrected chi connectivity index (χ2v) is 6.87. The van der Waals surface area contributed by atoms with Gasteiger partial charge < -0.3 is 20.3 Å². The topological polar surface area (TPSA) is 122 Å². The van der Waals surface area contributed by atoms with Crippen LogP contribution in [-0.2, 0) is 20.8 Å². The van der Waals surface area contributed by atoms with E-state index in [0.717, 1.165) is 11.8 Å². The molecule has 1 atom stereocenters. The van der Waals surface area contributed by atoms with E-state index in [4.69, 9.17) is 9.63 Å². The number of aliphatic carboxylic acids is 1. The predicted molar refractivity (Wildman–Crippen MR) is 98.2 cm³/mol. The average molecular weight is 377 g/mol. The number of nitrogens with one attached hydrogen (secondary N) is 2. The molecule has 0 saturated heterocycles. The third-order valence-corrected chi connectivity index (χ3v) is 4.49. The maximum Gasteiger partial charge on any atom is 0.307 e. The van der Waals surface area contributed by atoms with E-state index in [9.17, 15) is 14.4 Å². The van der Waals surface area contributed by atoms with Gasteiger partial charge in [-0.15, -0.1) is 11.8 Å². The van der Waals surface area contributed by atoms with Gasteiger partial charge in [-0.1, -0.05) is 23.4 Å². The fourth-order valence-electron chi connectivity index (χ4n) is 2.08. The van der Waals surface area contributed by atoms with Gasteiger partial charge in [-0.3, -0.25) is 14.4 Å². The summed E-state index contributed by atoms with van der Waals surface area (Å²) in [5.41, 5.74) is 0.973. The summed E-state index contributed by atoms with van der Waals surface area (Å²) < 4.78 is 4.87. The van der Waals surface area contributed by atoms with Crippen molar-refractivity contribution in [2.45, 2.75) is 25.5 Å². The smallest absolute Gasteiger partial charge is 0.307 e. The van der Waals surface area contributed by atoms with Gasteiger partial charge in [-0.05, 0) is 25.5 Å². The monoisotopic (exact) mass is 377 g/mol. The van der Waals surface area contributed by atoms with Crippen molar-refractivity contribution in [2.75, 3.05) is 16.4 Å². The predicted octanol–water partition coefficient (Wildman–Crippen LogP) is 2.31. The van der Waals surface area contributed by atoms with Gasteiger partial charge in [0.15, 0.2) is 5.82 Å². The number of carbonyl (C=O) groups excluding carboxylic acids is 2. The number of carboxylic acids is 1. The summed E-state index contributed by atoms with van der Waals surface area (Å²) in [4.78, 5) is 35.0. The van der Waals surface area contributed by atoms with E-state index in [1.807, 2.05) is 0 Å². The normalized spacial score (nSPS) is 11.6. The number of benzene rings is 1. The Kier molecular flexibility index (Phi) is 6.79. The van der Waals surface area contributed by atoms with Crippen molar-refractivity contribution in [1.29, 1.82) is 0 Å². The van der Waals surface area contributed by atoms with Crippen LogP contribution in [0.5, 0.6) is 0 Å². The summed E-state index contributed by atoms with van der Waals surface area (Å²) >= 11 is 1.16. The minimum Gasteiger partial charge on any atom is -0.481 e. The van der Waals surface area contributed by atoms with Gasteiger partial charge in [-0.25, -0.2) is 0 Å². The molecule has 0 aliphatic rings. The van der Waals surface area contributed by atoms with Gasteiger partial charge in [0, 0.05) is 11.8 Å². The molecule has 8 nitrogen and oxygen atoms in total. The van der Waals surface area contributed by atoms with Crippen LogP contribution in [0.4, 0.5) is 11.5 Å². The average Bonchev–Trinajstić information content (AvgIpc) is 2.98. The molecule has 0 spiro atoms. The van der Waals surface area contributed by atoms with Crippen molar-refractivity contribution in [3.05, 3.63) is 41.7 Å². The largest absolute Gasteiger partial charge is 0.481 e. The fraction of sp³-hybridized carbons (Fsp3) is 0.294. The van der Waals surface area contributed by atoms with E-state index < -0.39 is 11.2 Å². The number of aryl methyl sites for hydroxylation is 1. The lowest BCUT2D eigenvalue weighted by molar-refractivity contribution is -0.136. The SMILES string of the molecule is Cc1cc(NC(=O)C(C)SCC(=O)Nc2ccccc2CC(=O)O)no1. The van der Waals surface area contributed by atoms with Crippen LogP contribution in [0.3, 0.4) is 0 Å². The van der Waals surface area contributed by atoms with Gasteiger partial charge in [0.1, 0.15) is 5.76 Å². The van der Waals surface area contributed by atoms with Crippen molar-refractivity contribution in [2.24, 2.45) is 0 Å². The maximum absolute atomic E-state index is 12.1. The molecule has 2 amide bonds. The number of hydrogen-bond donors (Lipinski definition) is 3. The molecule has 1 aromatic heterocycles. The number of anilines is 2. The third kappa shape index (κ3) is 5.92. The van der Waals surface area contributed by atoms with Crippen molar-refractivity contribution in [1.82, 2.24) is 5.16 Å². The van der Waals surface area contributed by atoms with Gasteiger partial charge in [0.05, 0.1) is 17.4 Å². The standard InChI is InChI=1S/C17H19N3O5S/c1-10-7-14(20-25-10)19-17(24)11(2)26-9-15(21)18-13-6-4-3-5-12(13)8-16(22)23/h3-7,11H,8-9H2,1-2H3,(H,18,21)(H,22,23)(H,19,20,24). The summed E-state index contributed by atoms with van der Waals surface area (Å²) in [5, 5.41) is 17.4. The first-order valence-electron chi connectivity index (χ1n) is 7.80. The number of hydrogen-bond acceptors (Lipinski definition) is 6. The molecule has 0 aliphatic carbocycles. The molecule has 0 saturated carbocycles. The molecule has 0 aliphatic heterocycles. The van der Waals surface area contributed by atoms with E-state index in [2.05, 4.69) is 15.8 Å². The van der Waals surface area contributed by atoms with E-state index in [0.29, 0.717) is 22.8 Å². The molecule has 0 radical (unpaired) electrons. The van der Waals surface area contributed by atoms with Crippen LogP contribution in [0.2, 0.25) is 0 Å². The molecule has 3 N–H and O–H groups in total. The number of carbonyl (C=O) groups is 3. The van der Waals surface area contributed by atoms with Gasteiger partial charge in [-0.2, -0.15) is 0 Å². The molecule has 138 valence electrons. The van der Waals surface area contributed by atoms with E-state index in [1.54, 1.807) is 44.2 Å². The molecule has 0 fully saturated rings. The van der Waals surface area contributed by atoms with E-state index in [-0.39, 0.29) is 24.0 Å². The number of nitrogens with zero attached hydrogens (tertiary/aromatic N) is 1. The lowest BCUT2D eigenvalue weighted by Gasteiger charge is -2.12. The zero-order valence-electron chi connectivity index (χ0n) is 14.3. The maximum atomic E-state index is 12.1. The fourth-order valence-corrected chi connectivity index (χ4v) is 2.76. The van der Waals surface area contributed by atoms with Crippen LogP contribution in [-0.4, -0.2) is 39.0 Å². The highest BCUT2D eigenvalue weighted by atomic mass is 32.2. The molecule has 26 heavy (non-hydrogen) atoms. The number of aromatic nitrogens is 1. The summed E-state index contributed by atoms with van der Waals surface area (Å²) in [6.45, 7) is 3.39. The first kappa shape index (κ1) is 19.5. The van der Waals surface area contributed by atoms with Crippen LogP contribution >= 0.6 is 11.8 Å². The van der Waals surface area contributed by atoms with Crippen LogP contribution in [0.25, 0.3) is 0 Å². The number of amides is 2. The summed E-state index contributed by atoms with van der Waals surface area (Å²) in [5.74, 6) is -0.623. The van der Waals surface area contributed by atoms with Crippen molar-refractivity contribution >= 4 is 41.1 Å². The van der Waals surface area contributed by atoms with Crippen LogP contribution in [0.15, 0.2) is 34.9 Å². The number of para-hydroxylation sites is 1. The quantitative estimate of drug-likeness (QED) is 0.645. The summed E-state index contributed by atoms with van der Waals surface area (Å²) in [6, 6.07) is 8.31. The highest BCUT2D eigenvalue weighted by Gasteiger charge is 2.17. The van der Waals surface area contributed by atoms with Gasteiger partial charge in [0.25, 0.3) is 0 Å². The van der Waals surface area contributed by atoms with E-state index >= 15 is 0 Å². The van der Waals surface area contributed by atoms with Crippen LogP contribution < -0.4 is 10.6 Å². The Hall–Kier alpha value is -2.81. The molecule has 0 bridgehead atoms. The minimum absolute atomic E-state index is 0.0494. The first-order valence-corrected chi connectivity index (χ1v) is 8.85. The molecule has 2 rings (SSSR count). The zero-order chi connectivity index (χ0) is 19.1. The minimum atomic E-state index is -0.977. The number of rotatable bonds is 8. The Labute approximate surface area is 154 Å². The van der Waals surface area contributed by atoms with Crippen molar-refractivity contribution in [3.8, 4) is 0 Å². The van der Waals surface area contributed by atoms with Crippen molar-refractivity contribution in [3.63, 3.8) is 0 Å². The molecular formula is C17H19N3O5S. The second-order valence-electron chi connectivity index (χ2n) is 5.54. The number of thioether (sulfide) groups is 1. The van der Waals surface area contributed by atoms with Gasteiger partial charge in [0.2, 0.25) is 11.8 Å². The Morgan fingerprint density at radius 2 is 2.00 bits per heavy atom. The van der Waals surface area contributed by atoms with Crippen LogP contribution in [0.1, 0.15) is 18.2 Å². The third-order valence-electron chi connectivity index (χ3n) is 3.35. The van der Waals surface area contributed by atoms with Crippen LogP contribution in [0, 0.1) is 6.92 Å². The lowest BCUT2D eigenvalue weighted by atomic mass is 10.1. The first-order chi connectivity index (χ1) is 12.3.